The Balaban J connectivity index is 2.00. The van der Waals surface area contributed by atoms with Gasteiger partial charge >= 0.3 is 6.18 Å². The summed E-state index contributed by atoms with van der Waals surface area (Å²) >= 11 is 1.75. The highest BCUT2D eigenvalue weighted by atomic mass is 127. The highest BCUT2D eigenvalue weighted by Gasteiger charge is 2.34. The van der Waals surface area contributed by atoms with Crippen LogP contribution in [-0.4, -0.2) is 37.1 Å². The molecule has 7 nitrogen and oxygen atoms in total. The summed E-state index contributed by atoms with van der Waals surface area (Å²) in [5.74, 6) is -0.859. The third-order valence-corrected chi connectivity index (χ3v) is 4.99. The van der Waals surface area contributed by atoms with Gasteiger partial charge in [0, 0.05) is 28.8 Å². The van der Waals surface area contributed by atoms with Crippen LogP contribution in [0.5, 0.6) is 0 Å². The molecule has 1 N–H and O–H groups in total. The molecular weight excluding hydrogens is 506 g/mol. The molecule has 154 valence electrons. The Labute approximate surface area is 177 Å². The summed E-state index contributed by atoms with van der Waals surface area (Å²) in [5, 5.41) is 13.4. The number of alkyl halides is 3. The zero-order valence-corrected chi connectivity index (χ0v) is 17.0. The van der Waals surface area contributed by atoms with E-state index in [1.54, 1.807) is 27.5 Å². The molecule has 0 radical (unpaired) electrons. The lowest BCUT2D eigenvalue weighted by Gasteiger charge is -2.30. The minimum atomic E-state index is -4.67. The quantitative estimate of drug-likeness (QED) is 0.369. The lowest BCUT2D eigenvalue weighted by molar-refractivity contribution is -0.384. The van der Waals surface area contributed by atoms with Crippen molar-refractivity contribution in [1.29, 1.82) is 0 Å². The summed E-state index contributed by atoms with van der Waals surface area (Å²) in [6, 6.07) is 7.27. The summed E-state index contributed by atoms with van der Waals surface area (Å²) < 4.78 is 45.7. The Hall–Kier alpha value is -2.41. The summed E-state index contributed by atoms with van der Waals surface area (Å²) in [7, 11) is 0. The van der Waals surface area contributed by atoms with Gasteiger partial charge in [-0.05, 0) is 46.9 Å². The third kappa shape index (κ3) is 4.96. The average Bonchev–Trinajstić information content (AvgIpc) is 2.68. The molecule has 3 rings (SSSR count). The molecule has 0 unspecified atom stereocenters. The second-order valence-corrected chi connectivity index (χ2v) is 7.45. The number of nitro benzene ring substituents is 1. The number of non-ortho nitro benzene ring substituents is 1. The summed E-state index contributed by atoms with van der Waals surface area (Å²) in [6.07, 6.45) is -4.67. The van der Waals surface area contributed by atoms with E-state index >= 15 is 0 Å². The zero-order valence-electron chi connectivity index (χ0n) is 14.8. The van der Waals surface area contributed by atoms with Gasteiger partial charge < -0.3 is 15.0 Å². The zero-order chi connectivity index (χ0) is 21.2. The number of carbonyl (C=O) groups excluding carboxylic acids is 1. The van der Waals surface area contributed by atoms with E-state index < -0.39 is 28.3 Å². The summed E-state index contributed by atoms with van der Waals surface area (Å²) in [5.41, 5.74) is -1.41. The topological polar surface area (TPSA) is 84.7 Å². The van der Waals surface area contributed by atoms with Gasteiger partial charge in [0.05, 0.1) is 40.6 Å². The number of hydrogen-bond donors (Lipinski definition) is 1. The minimum absolute atomic E-state index is 0.0761. The molecule has 1 aliphatic heterocycles. The van der Waals surface area contributed by atoms with Crippen molar-refractivity contribution in [1.82, 2.24) is 0 Å². The maximum Gasteiger partial charge on any atom is 0.418 e. The lowest BCUT2D eigenvalue weighted by Crippen LogP contribution is -2.37. The summed E-state index contributed by atoms with van der Waals surface area (Å²) in [4.78, 5) is 25.1. The van der Waals surface area contributed by atoms with Crippen LogP contribution in [0.4, 0.5) is 30.2 Å². The Morgan fingerprint density at radius 1 is 1.17 bits per heavy atom. The normalized spacial score (nSPS) is 14.6. The standard InChI is InChI=1S/C18H15F3IN3O4/c19-18(20,21)14-9-11(22)1-3-15(14)23-17(26)13-10-12(25(27)28)2-4-16(13)24-5-7-29-8-6-24/h1-4,9-10H,5-8H2,(H,23,26). The molecule has 11 heteroatoms. The van der Waals surface area contributed by atoms with Crippen molar-refractivity contribution >= 4 is 45.6 Å². The van der Waals surface area contributed by atoms with E-state index in [2.05, 4.69) is 5.32 Å². The van der Waals surface area contributed by atoms with Crippen molar-refractivity contribution in [3.05, 3.63) is 61.2 Å². The predicted octanol–water partition coefficient (Wildman–Crippen LogP) is 4.31. The monoisotopic (exact) mass is 521 g/mol. The van der Waals surface area contributed by atoms with Crippen molar-refractivity contribution in [2.45, 2.75) is 6.18 Å². The van der Waals surface area contributed by atoms with Crippen molar-refractivity contribution < 1.29 is 27.6 Å². The molecule has 2 aromatic rings. The Bertz CT molecular complexity index is 946. The van der Waals surface area contributed by atoms with Gasteiger partial charge in [-0.2, -0.15) is 13.2 Å². The van der Waals surface area contributed by atoms with Gasteiger partial charge in [-0.25, -0.2) is 0 Å². The Kier molecular flexibility index (Phi) is 6.27. The smallest absolute Gasteiger partial charge is 0.378 e. The third-order valence-electron chi connectivity index (χ3n) is 4.32. The maximum absolute atomic E-state index is 13.4. The van der Waals surface area contributed by atoms with Crippen LogP contribution in [-0.2, 0) is 10.9 Å². The van der Waals surface area contributed by atoms with Crippen LogP contribution in [0.3, 0.4) is 0 Å². The second kappa shape index (κ2) is 8.53. The average molecular weight is 521 g/mol. The fourth-order valence-corrected chi connectivity index (χ4v) is 3.44. The maximum atomic E-state index is 13.4. The van der Waals surface area contributed by atoms with Crippen LogP contribution in [0.15, 0.2) is 36.4 Å². The highest BCUT2D eigenvalue weighted by Crippen LogP contribution is 2.36. The Morgan fingerprint density at radius 3 is 2.48 bits per heavy atom. The van der Waals surface area contributed by atoms with Crippen LogP contribution >= 0.6 is 22.6 Å². The van der Waals surface area contributed by atoms with Gasteiger partial charge in [0.1, 0.15) is 0 Å². The lowest BCUT2D eigenvalue weighted by atomic mass is 10.1. The molecule has 0 atom stereocenters. The number of ether oxygens (including phenoxy) is 1. The van der Waals surface area contributed by atoms with E-state index in [4.69, 9.17) is 4.74 Å². The van der Waals surface area contributed by atoms with Crippen molar-refractivity contribution in [2.24, 2.45) is 0 Å². The van der Waals surface area contributed by atoms with Crippen LogP contribution in [0.1, 0.15) is 15.9 Å². The van der Waals surface area contributed by atoms with Gasteiger partial charge in [-0.15, -0.1) is 0 Å². The fraction of sp³-hybridized carbons (Fsp3) is 0.278. The number of rotatable bonds is 4. The van der Waals surface area contributed by atoms with Gasteiger partial charge in [0.2, 0.25) is 0 Å². The molecule has 29 heavy (non-hydrogen) atoms. The molecule has 0 bridgehead atoms. The Morgan fingerprint density at radius 2 is 1.86 bits per heavy atom. The van der Waals surface area contributed by atoms with Crippen LogP contribution in [0.2, 0.25) is 0 Å². The molecule has 1 fully saturated rings. The number of nitro groups is 1. The van der Waals surface area contributed by atoms with E-state index in [-0.39, 0.29) is 11.3 Å². The molecule has 0 aromatic heterocycles. The highest BCUT2D eigenvalue weighted by molar-refractivity contribution is 14.1. The van der Waals surface area contributed by atoms with Crippen LogP contribution in [0, 0.1) is 13.7 Å². The fourth-order valence-electron chi connectivity index (χ4n) is 2.95. The molecule has 1 saturated heterocycles. The number of anilines is 2. The molecule has 1 amide bonds. The molecular formula is C18H15F3IN3O4. The van der Waals surface area contributed by atoms with Crippen LogP contribution < -0.4 is 10.2 Å². The van der Waals surface area contributed by atoms with E-state index in [9.17, 15) is 28.1 Å². The van der Waals surface area contributed by atoms with Gasteiger partial charge in [-0.1, -0.05) is 0 Å². The molecule has 0 spiro atoms. The number of hydrogen-bond acceptors (Lipinski definition) is 5. The van der Waals surface area contributed by atoms with E-state index in [1.807, 2.05) is 0 Å². The SMILES string of the molecule is O=C(Nc1ccc(I)cc1C(F)(F)F)c1cc([N+](=O)[O-])ccc1N1CCOCC1. The molecule has 1 heterocycles. The predicted molar refractivity (Wildman–Crippen MR) is 108 cm³/mol. The van der Waals surface area contributed by atoms with Gasteiger partial charge in [0.25, 0.3) is 11.6 Å². The number of morpholine rings is 1. The van der Waals surface area contributed by atoms with E-state index in [0.29, 0.717) is 35.6 Å². The van der Waals surface area contributed by atoms with E-state index in [0.717, 1.165) is 18.2 Å². The van der Waals surface area contributed by atoms with Crippen molar-refractivity contribution in [2.75, 3.05) is 36.5 Å². The first kappa shape index (κ1) is 21.3. The molecule has 1 aliphatic rings. The van der Waals surface area contributed by atoms with Crippen molar-refractivity contribution in [3.63, 3.8) is 0 Å². The number of amides is 1. The second-order valence-electron chi connectivity index (χ2n) is 6.20. The first-order chi connectivity index (χ1) is 13.7. The number of carbonyl (C=O) groups is 1. The summed E-state index contributed by atoms with van der Waals surface area (Å²) in [6.45, 7) is 1.73. The largest absolute Gasteiger partial charge is 0.418 e. The number of nitrogens with zero attached hydrogens (tertiary/aromatic N) is 2. The molecule has 0 aliphatic carbocycles. The van der Waals surface area contributed by atoms with Gasteiger partial charge in [-0.3, -0.25) is 14.9 Å². The van der Waals surface area contributed by atoms with Crippen molar-refractivity contribution in [3.8, 4) is 0 Å². The van der Waals surface area contributed by atoms with Crippen LogP contribution in [0.25, 0.3) is 0 Å². The number of benzene rings is 2. The number of nitrogens with one attached hydrogen (secondary N) is 1. The first-order valence-electron chi connectivity index (χ1n) is 8.46. The molecule has 0 saturated carbocycles. The minimum Gasteiger partial charge on any atom is -0.378 e. The molecule has 2 aromatic carbocycles. The number of halogens is 4. The first-order valence-corrected chi connectivity index (χ1v) is 9.54. The van der Waals surface area contributed by atoms with E-state index in [1.165, 1.54) is 18.2 Å². The van der Waals surface area contributed by atoms with Gasteiger partial charge in [0.15, 0.2) is 0 Å².